The molecule has 0 aliphatic rings. The minimum atomic E-state index is -1.12. The second-order valence-corrected chi connectivity index (χ2v) is 4.91. The highest BCUT2D eigenvalue weighted by molar-refractivity contribution is 5.84. The van der Waals surface area contributed by atoms with Gasteiger partial charge in [-0.25, -0.2) is 9.48 Å². The molecule has 0 radical (unpaired) electrons. The highest BCUT2D eigenvalue weighted by Crippen LogP contribution is 2.16. The average Bonchev–Trinajstić information content (AvgIpc) is 2.41. The van der Waals surface area contributed by atoms with Crippen molar-refractivity contribution < 1.29 is 9.90 Å². The van der Waals surface area contributed by atoms with Crippen LogP contribution >= 0.6 is 0 Å². The van der Waals surface area contributed by atoms with Gasteiger partial charge in [-0.15, -0.1) is 0 Å². The molecule has 2 rings (SSSR count). The van der Waals surface area contributed by atoms with E-state index in [-0.39, 0.29) is 11.1 Å². The van der Waals surface area contributed by atoms with Crippen LogP contribution in [0.15, 0.2) is 35.1 Å². The van der Waals surface area contributed by atoms with Crippen molar-refractivity contribution in [3.8, 4) is 5.69 Å². The molecule has 0 aliphatic heterocycles. The Balaban J connectivity index is 2.64. The van der Waals surface area contributed by atoms with Gasteiger partial charge in [0.1, 0.15) is 5.69 Å². The normalized spacial score (nSPS) is 11.0. The number of nitrogens with zero attached hydrogens (tertiary/aromatic N) is 2. The summed E-state index contributed by atoms with van der Waals surface area (Å²) in [5, 5.41) is 12.9. The number of carboxylic acids is 1. The first-order valence-electron chi connectivity index (χ1n) is 6.48. The molecule has 0 saturated heterocycles. The van der Waals surface area contributed by atoms with Gasteiger partial charge in [0.05, 0.1) is 5.69 Å². The molecule has 1 aromatic heterocycles. The molecule has 0 aliphatic carbocycles. The molecule has 5 heteroatoms. The van der Waals surface area contributed by atoms with Gasteiger partial charge in [0, 0.05) is 17.8 Å². The van der Waals surface area contributed by atoms with Crippen LogP contribution in [-0.2, 0) is 4.79 Å². The van der Waals surface area contributed by atoms with E-state index in [1.807, 2.05) is 32.0 Å². The molecule has 0 bridgehead atoms. The predicted molar refractivity (Wildman–Crippen MR) is 80.7 cm³/mol. The molecule has 0 fully saturated rings. The summed E-state index contributed by atoms with van der Waals surface area (Å²) >= 11 is 0. The van der Waals surface area contributed by atoms with Gasteiger partial charge in [-0.05, 0) is 44.0 Å². The van der Waals surface area contributed by atoms with Crippen molar-refractivity contribution >= 4 is 12.0 Å². The minimum Gasteiger partial charge on any atom is -0.478 e. The van der Waals surface area contributed by atoms with Crippen molar-refractivity contribution in [2.24, 2.45) is 0 Å². The zero-order chi connectivity index (χ0) is 15.6. The van der Waals surface area contributed by atoms with E-state index < -0.39 is 5.97 Å². The number of hydrogen-bond donors (Lipinski definition) is 1. The Morgan fingerprint density at radius 3 is 2.62 bits per heavy atom. The molecule has 0 unspecified atom stereocenters. The fraction of sp³-hybridized carbons (Fsp3) is 0.188. The van der Waals surface area contributed by atoms with Gasteiger partial charge >= 0.3 is 5.97 Å². The van der Waals surface area contributed by atoms with Crippen LogP contribution < -0.4 is 5.43 Å². The van der Waals surface area contributed by atoms with Gasteiger partial charge in [0.2, 0.25) is 5.43 Å². The molecule has 5 nitrogen and oxygen atoms in total. The fourth-order valence-electron chi connectivity index (χ4n) is 2.02. The summed E-state index contributed by atoms with van der Waals surface area (Å²) in [5.41, 5.74) is 3.47. The van der Waals surface area contributed by atoms with E-state index in [4.69, 9.17) is 5.11 Å². The molecule has 1 aromatic carbocycles. The van der Waals surface area contributed by atoms with Crippen LogP contribution in [0.4, 0.5) is 0 Å². The Kier molecular flexibility index (Phi) is 4.03. The SMILES string of the molecule is Cc1ccc(C)c(-n2nc(/C=C/C(=O)O)c(=O)cc2C)c1. The van der Waals surface area contributed by atoms with Gasteiger partial charge in [0.15, 0.2) is 0 Å². The first-order chi connectivity index (χ1) is 9.88. The van der Waals surface area contributed by atoms with E-state index in [9.17, 15) is 9.59 Å². The van der Waals surface area contributed by atoms with Crippen molar-refractivity contribution in [2.75, 3.05) is 0 Å². The zero-order valence-corrected chi connectivity index (χ0v) is 12.1. The lowest BCUT2D eigenvalue weighted by Crippen LogP contribution is -2.17. The van der Waals surface area contributed by atoms with Crippen LogP contribution in [0.5, 0.6) is 0 Å². The molecule has 0 saturated carbocycles. The lowest BCUT2D eigenvalue weighted by atomic mass is 10.1. The van der Waals surface area contributed by atoms with E-state index in [0.29, 0.717) is 5.69 Å². The topological polar surface area (TPSA) is 72.2 Å². The number of carboxylic acid groups (broad SMARTS) is 1. The number of carbonyl (C=O) groups is 1. The Morgan fingerprint density at radius 2 is 1.95 bits per heavy atom. The Hall–Kier alpha value is -2.69. The fourth-order valence-corrected chi connectivity index (χ4v) is 2.02. The highest BCUT2D eigenvalue weighted by atomic mass is 16.4. The van der Waals surface area contributed by atoms with Crippen LogP contribution in [0.25, 0.3) is 11.8 Å². The second-order valence-electron chi connectivity index (χ2n) is 4.91. The van der Waals surface area contributed by atoms with Crippen molar-refractivity contribution in [2.45, 2.75) is 20.8 Å². The smallest absolute Gasteiger partial charge is 0.328 e. The third kappa shape index (κ3) is 3.25. The van der Waals surface area contributed by atoms with Crippen LogP contribution in [0, 0.1) is 20.8 Å². The lowest BCUT2D eigenvalue weighted by Gasteiger charge is -2.13. The molecule has 21 heavy (non-hydrogen) atoms. The van der Waals surface area contributed by atoms with Gasteiger partial charge in [-0.2, -0.15) is 5.10 Å². The predicted octanol–water partition coefficient (Wildman–Crippen LogP) is 2.26. The summed E-state index contributed by atoms with van der Waals surface area (Å²) in [6.45, 7) is 5.73. The van der Waals surface area contributed by atoms with Crippen LogP contribution in [-0.4, -0.2) is 20.9 Å². The largest absolute Gasteiger partial charge is 0.478 e. The van der Waals surface area contributed by atoms with E-state index in [1.54, 1.807) is 11.6 Å². The van der Waals surface area contributed by atoms with Crippen LogP contribution in [0.1, 0.15) is 22.5 Å². The number of hydrogen-bond acceptors (Lipinski definition) is 3. The van der Waals surface area contributed by atoms with Gasteiger partial charge in [-0.1, -0.05) is 12.1 Å². The third-order valence-corrected chi connectivity index (χ3v) is 3.11. The number of aromatic nitrogens is 2. The van der Waals surface area contributed by atoms with E-state index in [1.165, 1.54) is 12.1 Å². The molecule has 0 spiro atoms. The Bertz CT molecular complexity index is 789. The van der Waals surface area contributed by atoms with Crippen molar-refractivity contribution in [3.63, 3.8) is 0 Å². The molecule has 108 valence electrons. The van der Waals surface area contributed by atoms with Crippen molar-refractivity contribution in [3.05, 3.63) is 63.1 Å². The summed E-state index contributed by atoms with van der Waals surface area (Å²) in [6, 6.07) is 7.42. The molecule has 2 aromatic rings. The minimum absolute atomic E-state index is 0.101. The maximum atomic E-state index is 11.9. The number of benzene rings is 1. The van der Waals surface area contributed by atoms with Gasteiger partial charge in [0.25, 0.3) is 0 Å². The first kappa shape index (κ1) is 14.7. The number of aliphatic carboxylic acids is 1. The van der Waals surface area contributed by atoms with E-state index >= 15 is 0 Å². The number of rotatable bonds is 3. The second kappa shape index (κ2) is 5.75. The van der Waals surface area contributed by atoms with Gasteiger partial charge < -0.3 is 5.11 Å². The molecule has 0 amide bonds. The quantitative estimate of drug-likeness (QED) is 0.877. The summed E-state index contributed by atoms with van der Waals surface area (Å²) in [4.78, 5) is 22.4. The third-order valence-electron chi connectivity index (χ3n) is 3.11. The van der Waals surface area contributed by atoms with E-state index in [2.05, 4.69) is 5.10 Å². The lowest BCUT2D eigenvalue weighted by molar-refractivity contribution is -0.131. The van der Waals surface area contributed by atoms with Crippen LogP contribution in [0.3, 0.4) is 0 Å². The summed E-state index contributed by atoms with van der Waals surface area (Å²) in [7, 11) is 0. The monoisotopic (exact) mass is 284 g/mol. The molecule has 1 N–H and O–H groups in total. The Labute approximate surface area is 122 Å². The Morgan fingerprint density at radius 1 is 1.24 bits per heavy atom. The van der Waals surface area contributed by atoms with Crippen molar-refractivity contribution in [1.82, 2.24) is 9.78 Å². The summed E-state index contributed by atoms with van der Waals surface area (Å²) in [5.74, 6) is -1.12. The zero-order valence-electron chi connectivity index (χ0n) is 12.1. The van der Waals surface area contributed by atoms with E-state index in [0.717, 1.165) is 22.9 Å². The summed E-state index contributed by atoms with van der Waals surface area (Å²) < 4.78 is 1.66. The maximum Gasteiger partial charge on any atom is 0.328 e. The highest BCUT2D eigenvalue weighted by Gasteiger charge is 2.08. The summed E-state index contributed by atoms with van der Waals surface area (Å²) in [6.07, 6.45) is 2.12. The van der Waals surface area contributed by atoms with Crippen molar-refractivity contribution in [1.29, 1.82) is 0 Å². The van der Waals surface area contributed by atoms with Crippen LogP contribution in [0.2, 0.25) is 0 Å². The number of aryl methyl sites for hydroxylation is 3. The standard InChI is InChI=1S/C16H16N2O3/c1-10-4-5-11(2)14(8-10)18-12(3)9-15(19)13(17-18)6-7-16(20)21/h4-9H,1-3H3,(H,20,21)/b7-6+. The molecule has 1 heterocycles. The van der Waals surface area contributed by atoms with Gasteiger partial charge in [-0.3, -0.25) is 4.79 Å². The average molecular weight is 284 g/mol. The molecule has 0 atom stereocenters. The first-order valence-corrected chi connectivity index (χ1v) is 6.48. The molecular weight excluding hydrogens is 268 g/mol. The maximum absolute atomic E-state index is 11.9. The molecular formula is C16H16N2O3.